The maximum atomic E-state index is 12.0. The molecule has 1 rings (SSSR count). The lowest BCUT2D eigenvalue weighted by molar-refractivity contribution is 0.397. The molecule has 0 saturated carbocycles. The molecule has 3 N–H and O–H groups in total. The average molecular weight is 298 g/mol. The third kappa shape index (κ3) is 6.91. The monoisotopic (exact) mass is 298 g/mol. The highest BCUT2D eigenvalue weighted by Gasteiger charge is 2.17. The first-order valence-corrected chi connectivity index (χ1v) is 8.67. The molecule has 0 aliphatic heterocycles. The molecule has 0 radical (unpaired) electrons. The van der Waals surface area contributed by atoms with Crippen LogP contribution in [0.3, 0.4) is 0 Å². The molecule has 1 aromatic carbocycles. The number of hydrogen-bond acceptors (Lipinski definition) is 3. The van der Waals surface area contributed by atoms with Crippen molar-refractivity contribution < 1.29 is 8.42 Å². The Hall–Kier alpha value is -1.07. The standard InChI is InChI=1S/C15H26N2O2S/c1-15(2,3)9-11-20(18,19)17-14-8-4-6-13(12-14)7-5-10-16/h4,6,8,12,17H,5,7,9-11,16H2,1-3H3. The van der Waals surface area contributed by atoms with E-state index in [1.54, 1.807) is 6.07 Å². The van der Waals surface area contributed by atoms with Crippen LogP contribution in [0.4, 0.5) is 5.69 Å². The number of benzene rings is 1. The second-order valence-electron chi connectivity index (χ2n) is 6.32. The van der Waals surface area contributed by atoms with Gasteiger partial charge in [0.25, 0.3) is 0 Å². The van der Waals surface area contributed by atoms with Gasteiger partial charge < -0.3 is 5.73 Å². The predicted octanol–water partition coefficient (Wildman–Crippen LogP) is 2.76. The fraction of sp³-hybridized carbons (Fsp3) is 0.600. The topological polar surface area (TPSA) is 72.2 Å². The highest BCUT2D eigenvalue weighted by molar-refractivity contribution is 7.92. The van der Waals surface area contributed by atoms with Crippen molar-refractivity contribution >= 4 is 15.7 Å². The molecule has 0 heterocycles. The lowest BCUT2D eigenvalue weighted by Gasteiger charge is -2.18. The van der Waals surface area contributed by atoms with Crippen molar-refractivity contribution in [3.8, 4) is 0 Å². The number of aryl methyl sites for hydroxylation is 1. The van der Waals surface area contributed by atoms with Crippen molar-refractivity contribution in [3.05, 3.63) is 29.8 Å². The smallest absolute Gasteiger partial charge is 0.232 e. The molecule has 1 aromatic rings. The summed E-state index contributed by atoms with van der Waals surface area (Å²) in [4.78, 5) is 0. The van der Waals surface area contributed by atoms with E-state index in [2.05, 4.69) is 4.72 Å². The Kier molecular flexibility index (Phi) is 6.02. The molecule has 0 aliphatic rings. The van der Waals surface area contributed by atoms with Gasteiger partial charge in [-0.1, -0.05) is 32.9 Å². The maximum absolute atomic E-state index is 12.0. The van der Waals surface area contributed by atoms with Crippen molar-refractivity contribution in [2.24, 2.45) is 11.1 Å². The van der Waals surface area contributed by atoms with Crippen LogP contribution >= 0.6 is 0 Å². The number of nitrogens with two attached hydrogens (primary N) is 1. The number of hydrogen-bond donors (Lipinski definition) is 2. The van der Waals surface area contributed by atoms with Crippen LogP contribution in [-0.2, 0) is 16.4 Å². The molecule has 0 aromatic heterocycles. The van der Waals surface area contributed by atoms with Crippen LogP contribution in [0.1, 0.15) is 39.2 Å². The van der Waals surface area contributed by atoms with Crippen LogP contribution in [0, 0.1) is 5.41 Å². The van der Waals surface area contributed by atoms with Crippen molar-refractivity contribution in [2.75, 3.05) is 17.0 Å². The second-order valence-corrected chi connectivity index (χ2v) is 8.17. The van der Waals surface area contributed by atoms with Gasteiger partial charge >= 0.3 is 0 Å². The summed E-state index contributed by atoms with van der Waals surface area (Å²) in [6.45, 7) is 6.75. The third-order valence-electron chi connectivity index (χ3n) is 2.99. The molecule has 0 saturated heterocycles. The fourth-order valence-corrected chi connectivity index (χ4v) is 3.24. The molecule has 4 nitrogen and oxygen atoms in total. The Balaban J connectivity index is 2.67. The lowest BCUT2D eigenvalue weighted by atomic mass is 9.94. The van der Waals surface area contributed by atoms with Gasteiger partial charge in [-0.2, -0.15) is 0 Å². The Morgan fingerprint density at radius 2 is 1.95 bits per heavy atom. The molecule has 0 bridgehead atoms. The lowest BCUT2D eigenvalue weighted by Crippen LogP contribution is -2.21. The van der Waals surface area contributed by atoms with Crippen molar-refractivity contribution in [2.45, 2.75) is 40.0 Å². The van der Waals surface area contributed by atoms with Gasteiger partial charge in [0.1, 0.15) is 0 Å². The summed E-state index contributed by atoms with van der Waals surface area (Å²) in [5, 5.41) is 0. The molecule has 0 aliphatic carbocycles. The zero-order chi connectivity index (χ0) is 15.2. The van der Waals surface area contributed by atoms with E-state index in [4.69, 9.17) is 5.73 Å². The second kappa shape index (κ2) is 7.09. The summed E-state index contributed by atoms with van der Waals surface area (Å²) in [7, 11) is -3.28. The first-order chi connectivity index (χ1) is 9.22. The minimum absolute atomic E-state index is 0.0116. The Bertz CT molecular complexity index is 519. The maximum Gasteiger partial charge on any atom is 0.232 e. The van der Waals surface area contributed by atoms with Gasteiger partial charge in [-0.3, -0.25) is 4.72 Å². The van der Waals surface area contributed by atoms with E-state index in [9.17, 15) is 8.42 Å². The molecule has 114 valence electrons. The number of sulfonamides is 1. The van der Waals surface area contributed by atoms with Crippen molar-refractivity contribution in [1.29, 1.82) is 0 Å². The molecular formula is C15H26N2O2S. The SMILES string of the molecule is CC(C)(C)CCS(=O)(=O)Nc1cccc(CCCN)c1. The normalized spacial score (nSPS) is 12.4. The van der Waals surface area contributed by atoms with Gasteiger partial charge in [-0.05, 0) is 48.9 Å². The number of anilines is 1. The van der Waals surface area contributed by atoms with E-state index in [1.165, 1.54) is 0 Å². The summed E-state index contributed by atoms with van der Waals surface area (Å²) in [6, 6.07) is 7.51. The zero-order valence-corrected chi connectivity index (χ0v) is 13.5. The molecule has 0 atom stereocenters. The Morgan fingerprint density at radius 3 is 2.55 bits per heavy atom. The average Bonchev–Trinajstić information content (AvgIpc) is 2.33. The van der Waals surface area contributed by atoms with Gasteiger partial charge in [-0.25, -0.2) is 8.42 Å². The van der Waals surface area contributed by atoms with Crippen LogP contribution in [0.2, 0.25) is 0 Å². The summed E-state index contributed by atoms with van der Waals surface area (Å²) in [5.41, 5.74) is 7.23. The van der Waals surface area contributed by atoms with E-state index in [-0.39, 0.29) is 11.2 Å². The summed E-state index contributed by atoms with van der Waals surface area (Å²) < 4.78 is 26.7. The van der Waals surface area contributed by atoms with Crippen LogP contribution in [0.25, 0.3) is 0 Å². The van der Waals surface area contributed by atoms with Gasteiger partial charge in [0, 0.05) is 5.69 Å². The number of rotatable bonds is 7. The highest BCUT2D eigenvalue weighted by Crippen LogP contribution is 2.20. The highest BCUT2D eigenvalue weighted by atomic mass is 32.2. The van der Waals surface area contributed by atoms with Gasteiger partial charge in [-0.15, -0.1) is 0 Å². The molecule has 0 fully saturated rings. The summed E-state index contributed by atoms with van der Waals surface area (Å²) in [5.74, 6) is 0.142. The van der Waals surface area contributed by atoms with Gasteiger partial charge in [0.05, 0.1) is 5.75 Å². The Labute approximate surface area is 122 Å². The van der Waals surface area contributed by atoms with Crippen LogP contribution in [0.15, 0.2) is 24.3 Å². The largest absolute Gasteiger partial charge is 0.330 e. The Morgan fingerprint density at radius 1 is 1.25 bits per heavy atom. The van der Waals surface area contributed by atoms with Gasteiger partial charge in [0.15, 0.2) is 0 Å². The van der Waals surface area contributed by atoms with E-state index < -0.39 is 10.0 Å². The first kappa shape index (κ1) is 17.0. The zero-order valence-electron chi connectivity index (χ0n) is 12.6. The number of nitrogens with one attached hydrogen (secondary N) is 1. The quantitative estimate of drug-likeness (QED) is 0.813. The molecule has 5 heteroatoms. The van der Waals surface area contributed by atoms with Crippen molar-refractivity contribution in [1.82, 2.24) is 0 Å². The van der Waals surface area contributed by atoms with Crippen LogP contribution < -0.4 is 10.5 Å². The molecule has 0 amide bonds. The van der Waals surface area contributed by atoms with Gasteiger partial charge in [0.2, 0.25) is 10.0 Å². The minimum Gasteiger partial charge on any atom is -0.330 e. The summed E-state index contributed by atoms with van der Waals surface area (Å²) >= 11 is 0. The molecule has 20 heavy (non-hydrogen) atoms. The molecule has 0 unspecified atom stereocenters. The third-order valence-corrected chi connectivity index (χ3v) is 4.28. The van der Waals surface area contributed by atoms with E-state index in [1.807, 2.05) is 39.0 Å². The predicted molar refractivity (Wildman–Crippen MR) is 85.3 cm³/mol. The van der Waals surface area contributed by atoms with E-state index in [0.29, 0.717) is 18.7 Å². The van der Waals surface area contributed by atoms with Crippen LogP contribution in [0.5, 0.6) is 0 Å². The molecular weight excluding hydrogens is 272 g/mol. The fourth-order valence-electron chi connectivity index (χ4n) is 1.77. The van der Waals surface area contributed by atoms with Crippen molar-refractivity contribution in [3.63, 3.8) is 0 Å². The van der Waals surface area contributed by atoms with E-state index in [0.717, 1.165) is 18.4 Å². The molecule has 0 spiro atoms. The van der Waals surface area contributed by atoms with Crippen LogP contribution in [-0.4, -0.2) is 20.7 Å². The minimum atomic E-state index is -3.28. The summed E-state index contributed by atoms with van der Waals surface area (Å²) in [6.07, 6.45) is 2.41. The first-order valence-electron chi connectivity index (χ1n) is 7.01. The van der Waals surface area contributed by atoms with E-state index >= 15 is 0 Å².